The number of aromatic amines is 1. The minimum atomic E-state index is -0.323. The number of H-pyrrole nitrogens is 1. The molecule has 2 heterocycles. The molecular formula is C22H24N4O3. The lowest BCUT2D eigenvalue weighted by Gasteiger charge is -2.19. The van der Waals surface area contributed by atoms with E-state index in [1.54, 1.807) is 4.90 Å². The normalized spacial score (nSPS) is 25.7. The molecule has 2 aromatic rings. The van der Waals surface area contributed by atoms with Crippen molar-refractivity contribution in [3.63, 3.8) is 0 Å². The Labute approximate surface area is 168 Å². The van der Waals surface area contributed by atoms with E-state index in [-0.39, 0.29) is 29.1 Å². The van der Waals surface area contributed by atoms with Crippen LogP contribution in [0.4, 0.5) is 0 Å². The van der Waals surface area contributed by atoms with E-state index >= 15 is 0 Å². The van der Waals surface area contributed by atoms with Gasteiger partial charge in [-0.1, -0.05) is 12.1 Å². The molecule has 3 aliphatic rings. The number of carbonyl (C=O) groups excluding carboxylic acids is 2. The van der Waals surface area contributed by atoms with Gasteiger partial charge in [-0.15, -0.1) is 0 Å². The molecule has 2 aliphatic carbocycles. The summed E-state index contributed by atoms with van der Waals surface area (Å²) in [5, 5.41) is 3.17. The van der Waals surface area contributed by atoms with Gasteiger partial charge in [-0.25, -0.2) is 4.98 Å². The number of amides is 2. The third-order valence-electron chi connectivity index (χ3n) is 6.49. The van der Waals surface area contributed by atoms with Crippen molar-refractivity contribution >= 4 is 11.8 Å². The van der Waals surface area contributed by atoms with Gasteiger partial charge in [0.15, 0.2) is 0 Å². The lowest BCUT2D eigenvalue weighted by molar-refractivity contribution is 0.0769. The van der Waals surface area contributed by atoms with Crippen LogP contribution >= 0.6 is 0 Å². The molecule has 2 unspecified atom stereocenters. The second-order valence-electron chi connectivity index (χ2n) is 8.56. The van der Waals surface area contributed by atoms with Crippen LogP contribution in [-0.4, -0.2) is 45.8 Å². The first-order chi connectivity index (χ1) is 14.1. The average Bonchev–Trinajstić information content (AvgIpc) is 3.40. The van der Waals surface area contributed by atoms with Crippen LogP contribution in [0.15, 0.2) is 41.5 Å². The zero-order valence-corrected chi connectivity index (χ0v) is 16.1. The summed E-state index contributed by atoms with van der Waals surface area (Å²) in [6, 6.07) is 9.38. The summed E-state index contributed by atoms with van der Waals surface area (Å²) in [7, 11) is 0. The lowest BCUT2D eigenvalue weighted by atomic mass is 10.0. The summed E-state index contributed by atoms with van der Waals surface area (Å²) in [4.78, 5) is 44.8. The van der Waals surface area contributed by atoms with Gasteiger partial charge in [0.2, 0.25) is 0 Å². The Hall–Kier alpha value is -2.96. The third kappa shape index (κ3) is 3.69. The SMILES string of the molecule is O=C(NC1CC2CN(C(=O)c3cc(=O)[nH]cn3)CC2C1)c1ccc(C2CC2)cc1. The van der Waals surface area contributed by atoms with E-state index < -0.39 is 0 Å². The fourth-order valence-corrected chi connectivity index (χ4v) is 4.82. The number of likely N-dealkylation sites (tertiary alicyclic amines) is 1. The highest BCUT2D eigenvalue weighted by atomic mass is 16.2. The number of nitrogens with one attached hydrogen (secondary N) is 2. The van der Waals surface area contributed by atoms with Gasteiger partial charge in [-0.2, -0.15) is 0 Å². The van der Waals surface area contributed by atoms with Crippen LogP contribution in [-0.2, 0) is 0 Å². The van der Waals surface area contributed by atoms with E-state index in [0.29, 0.717) is 36.4 Å². The molecule has 0 radical (unpaired) electrons. The molecule has 7 nitrogen and oxygen atoms in total. The molecule has 0 spiro atoms. The molecule has 2 saturated carbocycles. The summed E-state index contributed by atoms with van der Waals surface area (Å²) in [6.07, 6.45) is 5.53. The van der Waals surface area contributed by atoms with Crippen LogP contribution in [0, 0.1) is 11.8 Å². The highest BCUT2D eigenvalue weighted by molar-refractivity contribution is 5.94. The molecule has 1 aromatic heterocycles. The number of nitrogens with zero attached hydrogens (tertiary/aromatic N) is 2. The second kappa shape index (κ2) is 7.13. The predicted octanol–water partition coefficient (Wildman–Crippen LogP) is 1.93. The summed E-state index contributed by atoms with van der Waals surface area (Å²) < 4.78 is 0. The molecule has 1 aliphatic heterocycles. The molecule has 1 aromatic carbocycles. The maximum absolute atomic E-state index is 12.6. The third-order valence-corrected chi connectivity index (χ3v) is 6.49. The van der Waals surface area contributed by atoms with Gasteiger partial charge in [0.1, 0.15) is 5.69 Å². The fourth-order valence-electron chi connectivity index (χ4n) is 4.82. The second-order valence-corrected chi connectivity index (χ2v) is 8.56. The van der Waals surface area contributed by atoms with Crippen LogP contribution in [0.25, 0.3) is 0 Å². The average molecular weight is 392 g/mol. The number of rotatable bonds is 4. The van der Waals surface area contributed by atoms with Crippen molar-refractivity contribution in [2.24, 2.45) is 11.8 Å². The Kier molecular flexibility index (Phi) is 4.45. The van der Waals surface area contributed by atoms with E-state index in [1.165, 1.54) is 30.8 Å². The van der Waals surface area contributed by atoms with Crippen molar-refractivity contribution < 1.29 is 9.59 Å². The van der Waals surface area contributed by atoms with Crippen LogP contribution in [0.1, 0.15) is 58.0 Å². The minimum Gasteiger partial charge on any atom is -0.349 e. The largest absolute Gasteiger partial charge is 0.349 e. The summed E-state index contributed by atoms with van der Waals surface area (Å²) in [5.74, 6) is 1.24. The molecule has 2 atom stereocenters. The van der Waals surface area contributed by atoms with Gasteiger partial charge in [-0.05, 0) is 61.1 Å². The van der Waals surface area contributed by atoms with E-state index in [2.05, 4.69) is 27.4 Å². The Bertz CT molecular complexity index is 982. The van der Waals surface area contributed by atoms with Crippen molar-refractivity contribution in [3.8, 4) is 0 Å². The number of hydrogen-bond acceptors (Lipinski definition) is 4. The quantitative estimate of drug-likeness (QED) is 0.831. The van der Waals surface area contributed by atoms with Crippen molar-refractivity contribution in [3.05, 3.63) is 63.8 Å². The number of benzene rings is 1. The Balaban J connectivity index is 1.16. The highest BCUT2D eigenvalue weighted by Crippen LogP contribution is 2.40. The first-order valence-electron chi connectivity index (χ1n) is 10.3. The van der Waals surface area contributed by atoms with Crippen LogP contribution in [0.2, 0.25) is 0 Å². The first kappa shape index (κ1) is 18.1. The van der Waals surface area contributed by atoms with E-state index in [1.807, 2.05) is 12.1 Å². The Morgan fingerprint density at radius 1 is 1.07 bits per heavy atom. The molecule has 3 fully saturated rings. The van der Waals surface area contributed by atoms with Crippen molar-refractivity contribution in [1.29, 1.82) is 0 Å². The van der Waals surface area contributed by atoms with Gasteiger partial charge in [0.05, 0.1) is 6.33 Å². The molecule has 7 heteroatoms. The standard InChI is InChI=1S/C22H24N4O3/c27-20-9-19(23-12-24-20)22(29)26-10-16-7-18(8-17(16)11-26)25-21(28)15-5-3-14(4-6-15)13-1-2-13/h3-6,9,12-13,16-18H,1-2,7-8,10-11H2,(H,25,28)(H,23,24,27). The monoisotopic (exact) mass is 392 g/mol. The molecule has 0 bridgehead atoms. The number of carbonyl (C=O) groups is 2. The number of hydrogen-bond donors (Lipinski definition) is 2. The molecule has 29 heavy (non-hydrogen) atoms. The maximum atomic E-state index is 12.6. The molecule has 1 saturated heterocycles. The zero-order chi connectivity index (χ0) is 20.0. The van der Waals surface area contributed by atoms with Gasteiger partial charge >= 0.3 is 0 Å². The van der Waals surface area contributed by atoms with Crippen molar-refractivity contribution in [2.45, 2.75) is 37.6 Å². The van der Waals surface area contributed by atoms with Crippen LogP contribution < -0.4 is 10.9 Å². The smallest absolute Gasteiger partial charge is 0.272 e. The summed E-state index contributed by atoms with van der Waals surface area (Å²) in [5.41, 5.74) is 1.91. The molecule has 2 amide bonds. The van der Waals surface area contributed by atoms with Gasteiger partial charge in [-0.3, -0.25) is 14.4 Å². The minimum absolute atomic E-state index is 0.0158. The summed E-state index contributed by atoms with van der Waals surface area (Å²) in [6.45, 7) is 1.31. The molecule has 2 N–H and O–H groups in total. The number of aromatic nitrogens is 2. The van der Waals surface area contributed by atoms with Crippen LogP contribution in [0.5, 0.6) is 0 Å². The topological polar surface area (TPSA) is 95.2 Å². The molecule has 5 rings (SSSR count). The van der Waals surface area contributed by atoms with Gasteiger partial charge in [0.25, 0.3) is 17.4 Å². The first-order valence-corrected chi connectivity index (χ1v) is 10.3. The Morgan fingerprint density at radius 3 is 2.38 bits per heavy atom. The number of fused-ring (bicyclic) bond motifs is 1. The van der Waals surface area contributed by atoms with Crippen molar-refractivity contribution in [1.82, 2.24) is 20.2 Å². The zero-order valence-electron chi connectivity index (χ0n) is 16.1. The van der Waals surface area contributed by atoms with Gasteiger partial charge in [0, 0.05) is 30.8 Å². The van der Waals surface area contributed by atoms with E-state index in [0.717, 1.165) is 12.8 Å². The Morgan fingerprint density at radius 2 is 1.76 bits per heavy atom. The van der Waals surface area contributed by atoms with E-state index in [4.69, 9.17) is 0 Å². The predicted molar refractivity (Wildman–Crippen MR) is 107 cm³/mol. The molecule has 150 valence electrons. The summed E-state index contributed by atoms with van der Waals surface area (Å²) >= 11 is 0. The molecular weight excluding hydrogens is 368 g/mol. The van der Waals surface area contributed by atoms with Gasteiger partial charge < -0.3 is 15.2 Å². The van der Waals surface area contributed by atoms with Crippen molar-refractivity contribution in [2.75, 3.05) is 13.1 Å². The highest BCUT2D eigenvalue weighted by Gasteiger charge is 2.43. The lowest BCUT2D eigenvalue weighted by Crippen LogP contribution is -2.36. The van der Waals surface area contributed by atoms with Crippen LogP contribution in [0.3, 0.4) is 0 Å². The maximum Gasteiger partial charge on any atom is 0.272 e. The fraction of sp³-hybridized carbons (Fsp3) is 0.455. The van der Waals surface area contributed by atoms with E-state index in [9.17, 15) is 14.4 Å².